The van der Waals surface area contributed by atoms with Gasteiger partial charge in [-0.2, -0.15) is 0 Å². The molecular formula is C21H19ClFN5O3. The molecule has 8 nitrogen and oxygen atoms in total. The molecule has 0 N–H and O–H groups in total. The lowest BCUT2D eigenvalue weighted by molar-refractivity contribution is -0.133. The number of benzene rings is 2. The van der Waals surface area contributed by atoms with Crippen molar-refractivity contribution in [1.82, 2.24) is 24.8 Å². The molecule has 3 aromatic rings. The van der Waals surface area contributed by atoms with Crippen LogP contribution in [0.2, 0.25) is 5.02 Å². The number of carbonyl (C=O) groups is 2. The monoisotopic (exact) mass is 443 g/mol. The predicted molar refractivity (Wildman–Crippen MR) is 112 cm³/mol. The Morgan fingerprint density at radius 3 is 2.48 bits per heavy atom. The molecule has 1 saturated heterocycles. The molecular weight excluding hydrogens is 425 g/mol. The molecule has 4 rings (SSSR count). The van der Waals surface area contributed by atoms with Crippen LogP contribution in [-0.4, -0.2) is 62.8 Å². The van der Waals surface area contributed by atoms with Gasteiger partial charge in [-0.05, 0) is 30.3 Å². The van der Waals surface area contributed by atoms with Gasteiger partial charge in [-0.3, -0.25) is 14.4 Å². The SMILES string of the molecule is O=C(CCn1nnc2ccccc2c1=O)N1CCN(C(=O)c2ccc(F)cc2Cl)CC1. The van der Waals surface area contributed by atoms with Crippen molar-refractivity contribution in [1.29, 1.82) is 0 Å². The van der Waals surface area contributed by atoms with Gasteiger partial charge in [-0.25, -0.2) is 9.07 Å². The molecule has 1 fully saturated rings. The van der Waals surface area contributed by atoms with Gasteiger partial charge >= 0.3 is 0 Å². The third kappa shape index (κ3) is 4.41. The maximum Gasteiger partial charge on any atom is 0.277 e. The fourth-order valence-electron chi connectivity index (χ4n) is 3.52. The molecule has 31 heavy (non-hydrogen) atoms. The maximum absolute atomic E-state index is 13.2. The number of piperazine rings is 1. The fraction of sp³-hybridized carbons (Fsp3) is 0.286. The van der Waals surface area contributed by atoms with Gasteiger partial charge in [-0.15, -0.1) is 5.10 Å². The topological polar surface area (TPSA) is 88.4 Å². The van der Waals surface area contributed by atoms with E-state index in [1.165, 1.54) is 16.8 Å². The number of halogens is 2. The first kappa shape index (κ1) is 20.9. The van der Waals surface area contributed by atoms with Crippen LogP contribution in [0.5, 0.6) is 0 Å². The molecule has 10 heteroatoms. The lowest BCUT2D eigenvalue weighted by Gasteiger charge is -2.35. The van der Waals surface area contributed by atoms with E-state index in [1.54, 1.807) is 34.1 Å². The second kappa shape index (κ2) is 8.81. The molecule has 0 radical (unpaired) electrons. The van der Waals surface area contributed by atoms with Gasteiger partial charge in [0.15, 0.2) is 0 Å². The Bertz CT molecular complexity index is 1210. The van der Waals surface area contributed by atoms with Crippen LogP contribution in [0.3, 0.4) is 0 Å². The molecule has 0 aliphatic carbocycles. The summed E-state index contributed by atoms with van der Waals surface area (Å²) in [5.41, 5.74) is 0.458. The van der Waals surface area contributed by atoms with Crippen LogP contribution in [0.25, 0.3) is 10.9 Å². The summed E-state index contributed by atoms with van der Waals surface area (Å²) < 4.78 is 14.4. The van der Waals surface area contributed by atoms with Gasteiger partial charge < -0.3 is 9.80 Å². The lowest BCUT2D eigenvalue weighted by Crippen LogP contribution is -2.50. The highest BCUT2D eigenvalue weighted by Gasteiger charge is 2.26. The standard InChI is InChI=1S/C21H19ClFN5O3/c22-17-13-14(23)5-6-15(17)20(30)27-11-9-26(10-12-27)19(29)7-8-28-21(31)16-3-1-2-4-18(16)24-25-28/h1-6,13H,7-12H2. The number of nitrogens with zero attached hydrogens (tertiary/aromatic N) is 5. The Hall–Kier alpha value is -3.33. The van der Waals surface area contributed by atoms with Crippen LogP contribution < -0.4 is 5.56 Å². The molecule has 0 unspecified atom stereocenters. The largest absolute Gasteiger partial charge is 0.339 e. The van der Waals surface area contributed by atoms with Crippen LogP contribution in [-0.2, 0) is 11.3 Å². The third-order valence-electron chi connectivity index (χ3n) is 5.25. The smallest absolute Gasteiger partial charge is 0.277 e. The molecule has 0 atom stereocenters. The Morgan fingerprint density at radius 1 is 1.03 bits per heavy atom. The minimum absolute atomic E-state index is 0.0606. The van der Waals surface area contributed by atoms with Gasteiger partial charge in [-0.1, -0.05) is 28.9 Å². The first-order valence-electron chi connectivity index (χ1n) is 9.78. The molecule has 0 bridgehead atoms. The quantitative estimate of drug-likeness (QED) is 0.615. The molecule has 2 aromatic carbocycles. The maximum atomic E-state index is 13.2. The number of hydrogen-bond donors (Lipinski definition) is 0. The number of aryl methyl sites for hydroxylation is 1. The Labute approximate surface area is 181 Å². The highest BCUT2D eigenvalue weighted by atomic mass is 35.5. The summed E-state index contributed by atoms with van der Waals surface area (Å²) in [5, 5.41) is 8.43. The first-order chi connectivity index (χ1) is 14.9. The second-order valence-electron chi connectivity index (χ2n) is 7.18. The summed E-state index contributed by atoms with van der Waals surface area (Å²) in [4.78, 5) is 40.9. The highest BCUT2D eigenvalue weighted by Crippen LogP contribution is 2.20. The summed E-state index contributed by atoms with van der Waals surface area (Å²) in [6, 6.07) is 10.6. The molecule has 2 heterocycles. The molecule has 0 saturated carbocycles. The van der Waals surface area contributed by atoms with E-state index in [9.17, 15) is 18.8 Å². The van der Waals surface area contributed by atoms with E-state index in [2.05, 4.69) is 10.3 Å². The summed E-state index contributed by atoms with van der Waals surface area (Å²) >= 11 is 5.98. The van der Waals surface area contributed by atoms with Crippen molar-refractivity contribution < 1.29 is 14.0 Å². The van der Waals surface area contributed by atoms with Crippen molar-refractivity contribution in [3.05, 3.63) is 69.2 Å². The molecule has 2 amide bonds. The minimum atomic E-state index is -0.507. The Kier molecular flexibility index (Phi) is 5.94. The Balaban J connectivity index is 1.34. The fourth-order valence-corrected chi connectivity index (χ4v) is 3.77. The van der Waals surface area contributed by atoms with Crippen molar-refractivity contribution in [2.75, 3.05) is 26.2 Å². The van der Waals surface area contributed by atoms with E-state index in [4.69, 9.17) is 11.6 Å². The first-order valence-corrected chi connectivity index (χ1v) is 10.2. The minimum Gasteiger partial charge on any atom is -0.339 e. The number of hydrogen-bond acceptors (Lipinski definition) is 5. The van der Waals surface area contributed by atoms with Crippen LogP contribution in [0.4, 0.5) is 4.39 Å². The zero-order valence-electron chi connectivity index (χ0n) is 16.5. The van der Waals surface area contributed by atoms with Crippen molar-refractivity contribution in [3.8, 4) is 0 Å². The van der Waals surface area contributed by atoms with Crippen molar-refractivity contribution >= 4 is 34.3 Å². The number of carbonyl (C=O) groups excluding carboxylic acids is 2. The third-order valence-corrected chi connectivity index (χ3v) is 5.56. The van der Waals surface area contributed by atoms with E-state index in [0.29, 0.717) is 37.1 Å². The van der Waals surface area contributed by atoms with Gasteiger partial charge in [0.2, 0.25) is 5.91 Å². The molecule has 0 spiro atoms. The van der Waals surface area contributed by atoms with Crippen molar-refractivity contribution in [2.45, 2.75) is 13.0 Å². The molecule has 1 aliphatic heterocycles. The van der Waals surface area contributed by atoms with Gasteiger partial charge in [0, 0.05) is 32.6 Å². The number of rotatable bonds is 4. The second-order valence-corrected chi connectivity index (χ2v) is 7.59. The average molecular weight is 444 g/mol. The Morgan fingerprint density at radius 2 is 1.74 bits per heavy atom. The average Bonchev–Trinajstić information content (AvgIpc) is 2.78. The predicted octanol–water partition coefficient (Wildman–Crippen LogP) is 1.96. The number of aromatic nitrogens is 3. The summed E-state index contributed by atoms with van der Waals surface area (Å²) in [6.07, 6.45) is 0.102. The molecule has 1 aliphatic rings. The number of amides is 2. The number of fused-ring (bicyclic) bond motifs is 1. The van der Waals surface area contributed by atoms with Gasteiger partial charge in [0.25, 0.3) is 11.5 Å². The molecule has 160 valence electrons. The van der Waals surface area contributed by atoms with Gasteiger partial charge in [0.05, 0.1) is 22.5 Å². The van der Waals surface area contributed by atoms with E-state index in [0.717, 1.165) is 6.07 Å². The van der Waals surface area contributed by atoms with Crippen LogP contribution in [0, 0.1) is 5.82 Å². The van der Waals surface area contributed by atoms with Crippen LogP contribution >= 0.6 is 11.6 Å². The summed E-state index contributed by atoms with van der Waals surface area (Å²) in [7, 11) is 0. The molecule has 1 aromatic heterocycles. The summed E-state index contributed by atoms with van der Waals surface area (Å²) in [5.74, 6) is -0.934. The van der Waals surface area contributed by atoms with Crippen molar-refractivity contribution in [2.24, 2.45) is 0 Å². The highest BCUT2D eigenvalue weighted by molar-refractivity contribution is 6.33. The summed E-state index contributed by atoms with van der Waals surface area (Å²) in [6.45, 7) is 1.53. The van der Waals surface area contributed by atoms with E-state index < -0.39 is 5.82 Å². The van der Waals surface area contributed by atoms with E-state index in [1.807, 2.05) is 0 Å². The van der Waals surface area contributed by atoms with Crippen molar-refractivity contribution in [3.63, 3.8) is 0 Å². The lowest BCUT2D eigenvalue weighted by atomic mass is 10.1. The zero-order valence-corrected chi connectivity index (χ0v) is 17.3. The van der Waals surface area contributed by atoms with Crippen LogP contribution in [0.15, 0.2) is 47.3 Å². The van der Waals surface area contributed by atoms with Gasteiger partial charge in [0.1, 0.15) is 11.3 Å². The zero-order chi connectivity index (χ0) is 22.0. The van der Waals surface area contributed by atoms with Crippen LogP contribution in [0.1, 0.15) is 16.8 Å². The normalized spacial score (nSPS) is 14.1. The van der Waals surface area contributed by atoms with E-state index >= 15 is 0 Å². The van der Waals surface area contributed by atoms with E-state index in [-0.39, 0.29) is 40.9 Å².